The minimum Gasteiger partial charge on any atom is -0.357 e. The van der Waals surface area contributed by atoms with Gasteiger partial charge in [-0.2, -0.15) is 10.1 Å². The average molecular weight is 366 g/mol. The summed E-state index contributed by atoms with van der Waals surface area (Å²) in [7, 11) is 0. The number of halogens is 1. The highest BCUT2D eigenvalue weighted by molar-refractivity contribution is 9.09. The minimum absolute atomic E-state index is 0.0308. The molecular formula is C16H20BrN3O2. The molecule has 1 atom stereocenters. The lowest BCUT2D eigenvalue weighted by Gasteiger charge is -2.32. The summed E-state index contributed by atoms with van der Waals surface area (Å²) >= 11 is 3.71. The van der Waals surface area contributed by atoms with Crippen LogP contribution in [-0.2, 0) is 15.8 Å². The maximum Gasteiger partial charge on any atom is 0.291 e. The predicted molar refractivity (Wildman–Crippen MR) is 88.7 cm³/mol. The van der Waals surface area contributed by atoms with Gasteiger partial charge in [-0.3, -0.25) is 9.48 Å². The zero-order valence-corrected chi connectivity index (χ0v) is 14.6. The van der Waals surface area contributed by atoms with Crippen molar-refractivity contribution in [2.45, 2.75) is 31.8 Å². The van der Waals surface area contributed by atoms with Crippen LogP contribution in [0.3, 0.4) is 0 Å². The molecule has 0 amide bonds. The lowest BCUT2D eigenvalue weighted by atomic mass is 9.98. The lowest BCUT2D eigenvalue weighted by Crippen LogP contribution is -2.33. The van der Waals surface area contributed by atoms with Crippen molar-refractivity contribution >= 4 is 15.9 Å². The summed E-state index contributed by atoms with van der Waals surface area (Å²) < 4.78 is 7.02. The SMILES string of the molecule is CC(C)(C)COC(Br)(Cn1cnc(=O)cn1)c1ccccc1. The maximum atomic E-state index is 11.1. The molecule has 0 radical (unpaired) electrons. The first-order chi connectivity index (χ1) is 10.3. The van der Waals surface area contributed by atoms with Crippen LogP contribution in [0.1, 0.15) is 26.3 Å². The Balaban J connectivity index is 2.28. The van der Waals surface area contributed by atoms with Gasteiger partial charge in [-0.05, 0) is 26.9 Å². The van der Waals surface area contributed by atoms with Gasteiger partial charge >= 0.3 is 0 Å². The molecule has 0 bridgehead atoms. The number of alkyl halides is 1. The molecule has 0 aliphatic rings. The van der Waals surface area contributed by atoms with Gasteiger partial charge in [-0.15, -0.1) is 0 Å². The van der Waals surface area contributed by atoms with Gasteiger partial charge in [0, 0.05) is 0 Å². The van der Waals surface area contributed by atoms with E-state index in [9.17, 15) is 4.79 Å². The second-order valence-corrected chi connectivity index (χ2v) is 7.65. The van der Waals surface area contributed by atoms with Crippen LogP contribution < -0.4 is 5.56 Å². The van der Waals surface area contributed by atoms with Crippen molar-refractivity contribution in [3.8, 4) is 0 Å². The minimum atomic E-state index is -0.731. The summed E-state index contributed by atoms with van der Waals surface area (Å²) in [6.07, 6.45) is 2.61. The Morgan fingerprint density at radius 2 is 1.91 bits per heavy atom. The predicted octanol–water partition coefficient (Wildman–Crippen LogP) is 2.95. The van der Waals surface area contributed by atoms with Crippen LogP contribution in [0.2, 0.25) is 0 Å². The molecule has 1 heterocycles. The molecule has 2 rings (SSSR count). The van der Waals surface area contributed by atoms with E-state index in [2.05, 4.69) is 46.8 Å². The molecular weight excluding hydrogens is 346 g/mol. The van der Waals surface area contributed by atoms with E-state index in [4.69, 9.17) is 4.74 Å². The Kier molecular flexibility index (Phi) is 5.13. The van der Waals surface area contributed by atoms with E-state index in [0.717, 1.165) is 5.56 Å². The van der Waals surface area contributed by atoms with Crippen LogP contribution in [0.5, 0.6) is 0 Å². The highest BCUT2D eigenvalue weighted by atomic mass is 79.9. The van der Waals surface area contributed by atoms with Crippen LogP contribution in [-0.4, -0.2) is 21.4 Å². The van der Waals surface area contributed by atoms with Gasteiger partial charge in [0.15, 0.2) is 4.51 Å². The van der Waals surface area contributed by atoms with E-state index < -0.39 is 4.51 Å². The summed E-state index contributed by atoms with van der Waals surface area (Å²) in [5, 5.41) is 4.06. The van der Waals surface area contributed by atoms with E-state index in [1.807, 2.05) is 30.3 Å². The van der Waals surface area contributed by atoms with Gasteiger partial charge < -0.3 is 4.74 Å². The van der Waals surface area contributed by atoms with Gasteiger partial charge in [-0.25, -0.2) is 0 Å². The van der Waals surface area contributed by atoms with Crippen LogP contribution >= 0.6 is 15.9 Å². The molecule has 1 unspecified atom stereocenters. The Labute approximate surface area is 138 Å². The number of ether oxygens (including phenoxy) is 1. The standard InChI is InChI=1S/C16H20BrN3O2/c1-15(2,3)11-22-16(17,13-7-5-4-6-8-13)10-20-12-18-14(21)9-19-20/h4-9,12H,10-11H2,1-3H3. The first-order valence-corrected chi connectivity index (χ1v) is 7.85. The molecule has 0 saturated heterocycles. The van der Waals surface area contributed by atoms with Gasteiger partial charge in [0.1, 0.15) is 12.5 Å². The van der Waals surface area contributed by atoms with Gasteiger partial charge in [0.05, 0.1) is 13.2 Å². The second kappa shape index (κ2) is 6.71. The fourth-order valence-corrected chi connectivity index (χ4v) is 2.47. The van der Waals surface area contributed by atoms with Crippen LogP contribution in [0.15, 0.2) is 47.7 Å². The normalized spacial score (nSPS) is 14.5. The molecule has 0 spiro atoms. The van der Waals surface area contributed by atoms with Crippen molar-refractivity contribution in [3.63, 3.8) is 0 Å². The fraction of sp³-hybridized carbons (Fsp3) is 0.438. The third-order valence-electron chi connectivity index (χ3n) is 2.94. The number of aromatic nitrogens is 3. The van der Waals surface area contributed by atoms with Crippen molar-refractivity contribution < 1.29 is 4.74 Å². The average Bonchev–Trinajstić information content (AvgIpc) is 2.48. The first-order valence-electron chi connectivity index (χ1n) is 7.06. The zero-order valence-electron chi connectivity index (χ0n) is 13.0. The fourth-order valence-electron chi connectivity index (χ4n) is 1.84. The van der Waals surface area contributed by atoms with E-state index >= 15 is 0 Å². The number of nitrogens with zero attached hydrogens (tertiary/aromatic N) is 3. The molecule has 0 aliphatic heterocycles. The van der Waals surface area contributed by atoms with Crippen molar-refractivity contribution in [2.24, 2.45) is 5.41 Å². The Morgan fingerprint density at radius 1 is 1.23 bits per heavy atom. The van der Waals surface area contributed by atoms with E-state index in [-0.39, 0.29) is 11.0 Å². The molecule has 1 aromatic carbocycles. The maximum absolute atomic E-state index is 11.1. The Hall–Kier alpha value is -1.53. The summed E-state index contributed by atoms with van der Waals surface area (Å²) in [4.78, 5) is 14.8. The summed E-state index contributed by atoms with van der Waals surface area (Å²) in [5.74, 6) is 0. The molecule has 6 heteroatoms. The topological polar surface area (TPSA) is 57.0 Å². The Morgan fingerprint density at radius 3 is 2.45 bits per heavy atom. The molecule has 118 valence electrons. The number of hydrogen-bond donors (Lipinski definition) is 0. The molecule has 0 fully saturated rings. The van der Waals surface area contributed by atoms with E-state index in [0.29, 0.717) is 13.2 Å². The highest BCUT2D eigenvalue weighted by Gasteiger charge is 2.32. The van der Waals surface area contributed by atoms with Gasteiger partial charge in [0.25, 0.3) is 5.56 Å². The number of hydrogen-bond acceptors (Lipinski definition) is 4. The monoisotopic (exact) mass is 365 g/mol. The summed E-state index contributed by atoms with van der Waals surface area (Å²) in [6, 6.07) is 9.87. The molecule has 0 N–H and O–H groups in total. The molecule has 0 saturated carbocycles. The lowest BCUT2D eigenvalue weighted by molar-refractivity contribution is -0.0240. The number of rotatable bonds is 5. The van der Waals surface area contributed by atoms with Crippen molar-refractivity contribution in [1.82, 2.24) is 14.8 Å². The number of benzene rings is 1. The third-order valence-corrected chi connectivity index (χ3v) is 3.88. The van der Waals surface area contributed by atoms with E-state index in [1.165, 1.54) is 12.5 Å². The highest BCUT2D eigenvalue weighted by Crippen LogP contribution is 2.36. The van der Waals surface area contributed by atoms with Gasteiger partial charge in [-0.1, -0.05) is 51.1 Å². The van der Waals surface area contributed by atoms with Crippen LogP contribution in [0.25, 0.3) is 0 Å². The van der Waals surface area contributed by atoms with Crippen LogP contribution in [0.4, 0.5) is 0 Å². The second-order valence-electron chi connectivity index (χ2n) is 6.37. The Bertz CT molecular complexity index is 647. The van der Waals surface area contributed by atoms with E-state index in [1.54, 1.807) is 4.68 Å². The molecule has 2 aromatic rings. The van der Waals surface area contributed by atoms with Crippen molar-refractivity contribution in [1.29, 1.82) is 0 Å². The zero-order chi connectivity index (χ0) is 16.2. The largest absolute Gasteiger partial charge is 0.357 e. The van der Waals surface area contributed by atoms with Gasteiger partial charge in [0.2, 0.25) is 0 Å². The van der Waals surface area contributed by atoms with Crippen LogP contribution in [0, 0.1) is 5.41 Å². The first kappa shape index (κ1) is 16.8. The summed E-state index contributed by atoms with van der Waals surface area (Å²) in [6.45, 7) is 7.32. The third kappa shape index (κ3) is 4.74. The molecule has 22 heavy (non-hydrogen) atoms. The van der Waals surface area contributed by atoms with Crippen molar-refractivity contribution in [2.75, 3.05) is 6.61 Å². The molecule has 5 nitrogen and oxygen atoms in total. The smallest absolute Gasteiger partial charge is 0.291 e. The quantitative estimate of drug-likeness (QED) is 0.764. The molecule has 1 aromatic heterocycles. The summed E-state index contributed by atoms with van der Waals surface area (Å²) in [5.41, 5.74) is 0.662. The van der Waals surface area contributed by atoms with Crippen molar-refractivity contribution in [3.05, 3.63) is 58.8 Å². The molecule has 0 aliphatic carbocycles.